The van der Waals surface area contributed by atoms with Crippen molar-refractivity contribution in [3.05, 3.63) is 53.6 Å². The Morgan fingerprint density at radius 1 is 1.15 bits per heavy atom. The first-order valence-corrected chi connectivity index (χ1v) is 8.37. The first kappa shape index (κ1) is 19.8. The average Bonchev–Trinajstić information content (AvgIpc) is 2.69. The number of amides is 1. The highest BCUT2D eigenvalue weighted by Gasteiger charge is 2.11. The van der Waals surface area contributed by atoms with Crippen molar-refractivity contribution in [2.45, 2.75) is 13.3 Å². The van der Waals surface area contributed by atoms with Crippen LogP contribution in [-0.2, 0) is 11.2 Å². The van der Waals surface area contributed by atoms with Gasteiger partial charge in [-0.3, -0.25) is 10.2 Å². The van der Waals surface area contributed by atoms with Crippen LogP contribution in [0.3, 0.4) is 0 Å². The zero-order valence-electron chi connectivity index (χ0n) is 15.6. The van der Waals surface area contributed by atoms with Gasteiger partial charge in [-0.1, -0.05) is 24.3 Å². The van der Waals surface area contributed by atoms with Gasteiger partial charge in [0.05, 0.1) is 19.9 Å². The second-order valence-corrected chi connectivity index (χ2v) is 5.69. The molecule has 7 nitrogen and oxygen atoms in total. The van der Waals surface area contributed by atoms with Gasteiger partial charge < -0.3 is 14.8 Å². The smallest absolute Gasteiger partial charge is 0.282 e. The first-order valence-electron chi connectivity index (χ1n) is 8.37. The van der Waals surface area contributed by atoms with Gasteiger partial charge in [0.2, 0.25) is 5.71 Å². The molecule has 0 saturated carbocycles. The molecule has 0 heterocycles. The van der Waals surface area contributed by atoms with Gasteiger partial charge in [-0.15, -0.1) is 0 Å². The molecule has 0 aliphatic rings. The van der Waals surface area contributed by atoms with Crippen LogP contribution >= 0.6 is 0 Å². The summed E-state index contributed by atoms with van der Waals surface area (Å²) in [5.41, 5.74) is 5.20. The van der Waals surface area contributed by atoms with Gasteiger partial charge in [-0.2, -0.15) is 10.4 Å². The SMILES string of the molecule is COc1ccc(CCNC(=O)/C(C#N)=N/Nc2ccccc2C)cc1OC. The molecule has 0 saturated heterocycles. The maximum absolute atomic E-state index is 12.1. The van der Waals surface area contributed by atoms with Gasteiger partial charge in [0.25, 0.3) is 5.91 Å². The minimum absolute atomic E-state index is 0.231. The molecule has 0 bridgehead atoms. The quantitative estimate of drug-likeness (QED) is 0.553. The highest BCUT2D eigenvalue weighted by atomic mass is 16.5. The van der Waals surface area contributed by atoms with Gasteiger partial charge in [-0.05, 0) is 42.7 Å². The number of nitriles is 1. The average molecular weight is 366 g/mol. The van der Waals surface area contributed by atoms with E-state index in [1.54, 1.807) is 14.2 Å². The fourth-order valence-electron chi connectivity index (χ4n) is 2.38. The van der Waals surface area contributed by atoms with Crippen LogP contribution < -0.4 is 20.2 Å². The van der Waals surface area contributed by atoms with Crippen LogP contribution in [0.25, 0.3) is 0 Å². The largest absolute Gasteiger partial charge is 0.493 e. The predicted molar refractivity (Wildman–Crippen MR) is 104 cm³/mol. The third kappa shape index (κ3) is 5.47. The highest BCUT2D eigenvalue weighted by Crippen LogP contribution is 2.27. The molecule has 2 rings (SSSR count). The number of hydrazone groups is 1. The second-order valence-electron chi connectivity index (χ2n) is 5.69. The van der Waals surface area contributed by atoms with E-state index in [0.29, 0.717) is 24.5 Å². The summed E-state index contributed by atoms with van der Waals surface area (Å²) in [4.78, 5) is 12.1. The maximum Gasteiger partial charge on any atom is 0.282 e. The van der Waals surface area contributed by atoms with E-state index in [2.05, 4.69) is 15.8 Å². The molecule has 140 valence electrons. The Kier molecular flexibility index (Phi) is 7.20. The first-order chi connectivity index (χ1) is 13.1. The van der Waals surface area contributed by atoms with Crippen LogP contribution in [0, 0.1) is 18.3 Å². The lowest BCUT2D eigenvalue weighted by Gasteiger charge is -2.10. The van der Waals surface area contributed by atoms with Crippen molar-refractivity contribution in [2.75, 3.05) is 26.2 Å². The highest BCUT2D eigenvalue weighted by molar-refractivity contribution is 6.45. The van der Waals surface area contributed by atoms with Crippen LogP contribution in [0.4, 0.5) is 5.69 Å². The topological polar surface area (TPSA) is 95.7 Å². The number of hydrogen-bond donors (Lipinski definition) is 2. The Morgan fingerprint density at radius 2 is 1.89 bits per heavy atom. The van der Waals surface area contributed by atoms with Gasteiger partial charge in [0.15, 0.2) is 11.5 Å². The Balaban J connectivity index is 1.93. The van der Waals surface area contributed by atoms with Crippen molar-refractivity contribution >= 4 is 17.3 Å². The number of benzene rings is 2. The molecule has 2 N–H and O–H groups in total. The summed E-state index contributed by atoms with van der Waals surface area (Å²) >= 11 is 0. The summed E-state index contributed by atoms with van der Waals surface area (Å²) in [5, 5.41) is 15.8. The van der Waals surface area contributed by atoms with Crippen molar-refractivity contribution in [1.82, 2.24) is 5.32 Å². The molecule has 0 radical (unpaired) electrons. The summed E-state index contributed by atoms with van der Waals surface area (Å²) in [6, 6.07) is 14.8. The molecule has 0 aromatic heterocycles. The van der Waals surface area contributed by atoms with Gasteiger partial charge in [0, 0.05) is 6.54 Å². The molecule has 2 aromatic carbocycles. The minimum Gasteiger partial charge on any atom is -0.493 e. The van der Waals surface area contributed by atoms with E-state index in [0.717, 1.165) is 16.8 Å². The molecule has 0 fully saturated rings. The van der Waals surface area contributed by atoms with Crippen LogP contribution in [0.15, 0.2) is 47.6 Å². The normalized spacial score (nSPS) is 10.7. The number of ether oxygens (including phenoxy) is 2. The lowest BCUT2D eigenvalue weighted by molar-refractivity contribution is -0.114. The van der Waals surface area contributed by atoms with Crippen molar-refractivity contribution in [3.8, 4) is 17.6 Å². The van der Waals surface area contributed by atoms with E-state index >= 15 is 0 Å². The molecular weight excluding hydrogens is 344 g/mol. The summed E-state index contributed by atoms with van der Waals surface area (Å²) in [5.74, 6) is 0.744. The summed E-state index contributed by atoms with van der Waals surface area (Å²) < 4.78 is 10.5. The Hall–Kier alpha value is -3.53. The van der Waals surface area contributed by atoms with Crippen molar-refractivity contribution in [3.63, 3.8) is 0 Å². The second kappa shape index (κ2) is 9.82. The van der Waals surface area contributed by atoms with Crippen molar-refractivity contribution in [1.29, 1.82) is 5.26 Å². The lowest BCUT2D eigenvalue weighted by Crippen LogP contribution is -2.32. The van der Waals surface area contributed by atoms with Crippen molar-refractivity contribution < 1.29 is 14.3 Å². The molecule has 0 aliphatic heterocycles. The number of carbonyl (C=O) groups excluding carboxylic acids is 1. The van der Waals surface area contributed by atoms with E-state index in [1.807, 2.05) is 55.5 Å². The van der Waals surface area contributed by atoms with E-state index in [1.165, 1.54) is 0 Å². The molecule has 7 heteroatoms. The molecule has 1 amide bonds. The fourth-order valence-corrected chi connectivity index (χ4v) is 2.38. The van der Waals surface area contributed by atoms with Crippen LogP contribution in [0.5, 0.6) is 11.5 Å². The Labute approximate surface area is 158 Å². The number of aryl methyl sites for hydroxylation is 1. The summed E-state index contributed by atoms with van der Waals surface area (Å²) in [6.07, 6.45) is 0.579. The minimum atomic E-state index is -0.529. The number of carbonyl (C=O) groups is 1. The van der Waals surface area contributed by atoms with Crippen LogP contribution in [-0.4, -0.2) is 32.4 Å². The Bertz CT molecular complexity index is 872. The molecule has 0 spiro atoms. The Morgan fingerprint density at radius 3 is 2.56 bits per heavy atom. The third-order valence-electron chi connectivity index (χ3n) is 3.90. The zero-order chi connectivity index (χ0) is 19.6. The number of hydrogen-bond acceptors (Lipinski definition) is 6. The number of nitrogens with one attached hydrogen (secondary N) is 2. The predicted octanol–water partition coefficient (Wildman–Crippen LogP) is 2.66. The zero-order valence-corrected chi connectivity index (χ0v) is 15.6. The molecular formula is C20H22N4O3. The number of nitrogens with zero attached hydrogens (tertiary/aromatic N) is 2. The number of para-hydroxylation sites is 1. The summed E-state index contributed by atoms with van der Waals surface area (Å²) in [6.45, 7) is 2.27. The molecule has 2 aromatic rings. The van der Waals surface area contributed by atoms with Gasteiger partial charge in [0.1, 0.15) is 6.07 Å². The van der Waals surface area contributed by atoms with Gasteiger partial charge in [-0.25, -0.2) is 0 Å². The summed E-state index contributed by atoms with van der Waals surface area (Å²) in [7, 11) is 3.14. The number of anilines is 1. The molecule has 0 unspecified atom stereocenters. The monoisotopic (exact) mass is 366 g/mol. The maximum atomic E-state index is 12.1. The van der Waals surface area contributed by atoms with Crippen LogP contribution in [0.1, 0.15) is 11.1 Å². The van der Waals surface area contributed by atoms with Crippen molar-refractivity contribution in [2.24, 2.45) is 5.10 Å². The molecule has 0 aliphatic carbocycles. The molecule has 0 atom stereocenters. The number of methoxy groups -OCH3 is 2. The van der Waals surface area contributed by atoms with E-state index in [4.69, 9.17) is 9.47 Å². The number of rotatable bonds is 8. The third-order valence-corrected chi connectivity index (χ3v) is 3.90. The van der Waals surface area contributed by atoms with E-state index < -0.39 is 5.91 Å². The lowest BCUT2D eigenvalue weighted by atomic mass is 10.1. The fraction of sp³-hybridized carbons (Fsp3) is 0.250. The van der Waals surface area contributed by atoms with E-state index in [9.17, 15) is 10.1 Å². The van der Waals surface area contributed by atoms with Crippen LogP contribution in [0.2, 0.25) is 0 Å². The van der Waals surface area contributed by atoms with Gasteiger partial charge >= 0.3 is 0 Å². The van der Waals surface area contributed by atoms with E-state index in [-0.39, 0.29) is 5.71 Å². The standard InChI is InChI=1S/C20H22N4O3/c1-14-6-4-5-7-16(14)23-24-17(13-21)20(25)22-11-10-15-8-9-18(26-2)19(12-15)27-3/h4-9,12,23H,10-11H2,1-3H3,(H,22,25)/b24-17+. The molecule has 27 heavy (non-hydrogen) atoms.